The van der Waals surface area contributed by atoms with Gasteiger partial charge in [-0.05, 0) is 36.8 Å². The molecule has 7 heteroatoms. The molecule has 0 spiro atoms. The zero-order valence-corrected chi connectivity index (χ0v) is 16.1. The summed E-state index contributed by atoms with van der Waals surface area (Å²) in [4.78, 5) is 38.8. The topological polar surface area (TPSA) is 78.5 Å². The first-order chi connectivity index (χ1) is 13.9. The number of para-hydroxylation sites is 1. The van der Waals surface area contributed by atoms with Crippen LogP contribution in [0.3, 0.4) is 0 Å². The largest absolute Gasteiger partial charge is 0.349 e. The third-order valence-corrected chi connectivity index (χ3v) is 4.80. The summed E-state index contributed by atoms with van der Waals surface area (Å²) in [5.74, 6) is -1.94. The Hall–Kier alpha value is -3.48. The Morgan fingerprint density at radius 2 is 2.03 bits per heavy atom. The molecule has 0 aromatic heterocycles. The number of halogens is 1. The third kappa shape index (κ3) is 4.51. The van der Waals surface area contributed by atoms with E-state index in [0.717, 1.165) is 0 Å². The van der Waals surface area contributed by atoms with Gasteiger partial charge in [0.25, 0.3) is 5.91 Å². The molecule has 0 aliphatic carbocycles. The van der Waals surface area contributed by atoms with Gasteiger partial charge >= 0.3 is 0 Å². The number of carbonyl (C=O) groups is 3. The third-order valence-electron chi connectivity index (χ3n) is 4.80. The number of rotatable bonds is 6. The van der Waals surface area contributed by atoms with Crippen LogP contribution in [-0.4, -0.2) is 30.8 Å². The Morgan fingerprint density at radius 1 is 1.28 bits per heavy atom. The number of nitrogens with zero attached hydrogens (tertiary/aromatic N) is 1. The van der Waals surface area contributed by atoms with Crippen LogP contribution >= 0.6 is 0 Å². The molecule has 1 saturated heterocycles. The number of aryl methyl sites for hydroxylation is 1. The Labute approximate surface area is 168 Å². The van der Waals surface area contributed by atoms with Gasteiger partial charge in [-0.15, -0.1) is 6.58 Å². The van der Waals surface area contributed by atoms with Crippen LogP contribution in [0.25, 0.3) is 0 Å². The van der Waals surface area contributed by atoms with Gasteiger partial charge in [-0.2, -0.15) is 0 Å². The molecule has 0 radical (unpaired) electrons. The van der Waals surface area contributed by atoms with Gasteiger partial charge in [0, 0.05) is 25.2 Å². The molecule has 1 atom stereocenters. The highest BCUT2D eigenvalue weighted by Gasteiger charge is 2.35. The fourth-order valence-electron chi connectivity index (χ4n) is 3.17. The highest BCUT2D eigenvalue weighted by Crippen LogP contribution is 2.28. The van der Waals surface area contributed by atoms with Crippen LogP contribution in [0.1, 0.15) is 22.3 Å². The fraction of sp³-hybridized carbons (Fsp3) is 0.227. The average molecular weight is 395 g/mol. The zero-order chi connectivity index (χ0) is 21.0. The van der Waals surface area contributed by atoms with Crippen molar-refractivity contribution in [2.45, 2.75) is 13.3 Å². The van der Waals surface area contributed by atoms with E-state index in [1.807, 2.05) is 0 Å². The zero-order valence-electron chi connectivity index (χ0n) is 16.1. The molecule has 3 rings (SSSR count). The Morgan fingerprint density at radius 3 is 2.76 bits per heavy atom. The predicted octanol–water partition coefficient (Wildman–Crippen LogP) is 3.04. The summed E-state index contributed by atoms with van der Waals surface area (Å²) < 4.78 is 13.9. The Bertz CT molecular complexity index is 974. The molecule has 1 fully saturated rings. The minimum atomic E-state index is -0.601. The summed E-state index contributed by atoms with van der Waals surface area (Å²) in [6, 6.07) is 11.2. The monoisotopic (exact) mass is 395 g/mol. The number of anilines is 2. The molecule has 0 bridgehead atoms. The molecule has 2 N–H and O–H groups in total. The highest BCUT2D eigenvalue weighted by atomic mass is 19.1. The minimum Gasteiger partial charge on any atom is -0.349 e. The maximum Gasteiger partial charge on any atom is 0.253 e. The van der Waals surface area contributed by atoms with Gasteiger partial charge in [0.05, 0.1) is 17.2 Å². The second-order valence-electron chi connectivity index (χ2n) is 6.87. The lowest BCUT2D eigenvalue weighted by atomic mass is 10.1. The Kier molecular flexibility index (Phi) is 6.07. The standard InChI is InChI=1S/C22H22FN3O3/c1-3-10-24-22(29)17-6-4-5-7-19(17)25-21(28)15-11-20(27)26(13-15)16-9-8-14(2)18(23)12-16/h3-9,12,15H,1,10-11,13H2,2H3,(H,24,29)(H,25,28). The minimum absolute atomic E-state index is 0.0200. The molecule has 2 aromatic rings. The smallest absolute Gasteiger partial charge is 0.253 e. The van der Waals surface area contributed by atoms with Crippen molar-refractivity contribution in [2.24, 2.45) is 5.92 Å². The normalized spacial score (nSPS) is 15.9. The first kappa shape index (κ1) is 20.3. The molecule has 2 aromatic carbocycles. The summed E-state index contributed by atoms with van der Waals surface area (Å²) in [5, 5.41) is 5.42. The van der Waals surface area contributed by atoms with E-state index in [1.165, 1.54) is 11.0 Å². The van der Waals surface area contributed by atoms with Crippen LogP contribution in [0.4, 0.5) is 15.8 Å². The Balaban J connectivity index is 1.72. The van der Waals surface area contributed by atoms with Crippen LogP contribution in [-0.2, 0) is 9.59 Å². The van der Waals surface area contributed by atoms with E-state index in [-0.39, 0.29) is 30.7 Å². The van der Waals surface area contributed by atoms with E-state index in [0.29, 0.717) is 29.0 Å². The van der Waals surface area contributed by atoms with Crippen molar-refractivity contribution in [3.05, 3.63) is 72.1 Å². The number of amides is 3. The van der Waals surface area contributed by atoms with Crippen molar-refractivity contribution < 1.29 is 18.8 Å². The molecule has 3 amide bonds. The van der Waals surface area contributed by atoms with Gasteiger partial charge in [-0.1, -0.05) is 24.3 Å². The van der Waals surface area contributed by atoms with E-state index in [2.05, 4.69) is 17.2 Å². The van der Waals surface area contributed by atoms with Crippen LogP contribution in [0.15, 0.2) is 55.1 Å². The maximum atomic E-state index is 13.9. The van der Waals surface area contributed by atoms with Crippen molar-refractivity contribution in [1.29, 1.82) is 0 Å². The first-order valence-corrected chi connectivity index (χ1v) is 9.26. The molecular weight excluding hydrogens is 373 g/mol. The second-order valence-corrected chi connectivity index (χ2v) is 6.87. The number of benzene rings is 2. The highest BCUT2D eigenvalue weighted by molar-refractivity contribution is 6.07. The van der Waals surface area contributed by atoms with Gasteiger partial charge in [-0.25, -0.2) is 4.39 Å². The molecule has 1 aliphatic rings. The molecule has 1 unspecified atom stereocenters. The molecule has 1 aliphatic heterocycles. The van der Waals surface area contributed by atoms with E-state index >= 15 is 0 Å². The summed E-state index contributed by atoms with van der Waals surface area (Å²) in [5.41, 5.74) is 1.61. The summed E-state index contributed by atoms with van der Waals surface area (Å²) >= 11 is 0. The lowest BCUT2D eigenvalue weighted by molar-refractivity contribution is -0.122. The van der Waals surface area contributed by atoms with Gasteiger partial charge in [0.1, 0.15) is 5.82 Å². The SMILES string of the molecule is C=CCNC(=O)c1ccccc1NC(=O)C1CC(=O)N(c2ccc(C)c(F)c2)C1. The summed E-state index contributed by atoms with van der Waals surface area (Å²) in [6.07, 6.45) is 1.58. The maximum absolute atomic E-state index is 13.9. The first-order valence-electron chi connectivity index (χ1n) is 9.26. The quantitative estimate of drug-likeness (QED) is 0.738. The number of nitrogens with one attached hydrogen (secondary N) is 2. The lowest BCUT2D eigenvalue weighted by Crippen LogP contribution is -2.29. The van der Waals surface area contributed by atoms with Crippen molar-refractivity contribution in [2.75, 3.05) is 23.3 Å². The van der Waals surface area contributed by atoms with Crippen molar-refractivity contribution in [1.82, 2.24) is 5.32 Å². The van der Waals surface area contributed by atoms with E-state index in [4.69, 9.17) is 0 Å². The van der Waals surface area contributed by atoms with Gasteiger partial charge in [0.2, 0.25) is 11.8 Å². The van der Waals surface area contributed by atoms with E-state index < -0.39 is 11.7 Å². The van der Waals surface area contributed by atoms with E-state index in [9.17, 15) is 18.8 Å². The van der Waals surface area contributed by atoms with Gasteiger partial charge in [-0.3, -0.25) is 14.4 Å². The predicted molar refractivity (Wildman–Crippen MR) is 109 cm³/mol. The van der Waals surface area contributed by atoms with Crippen molar-refractivity contribution >= 4 is 29.1 Å². The fourth-order valence-corrected chi connectivity index (χ4v) is 3.17. The molecule has 1 heterocycles. The molecular formula is C22H22FN3O3. The summed E-state index contributed by atoms with van der Waals surface area (Å²) in [6.45, 7) is 5.65. The number of hydrogen-bond acceptors (Lipinski definition) is 3. The van der Waals surface area contributed by atoms with Crippen LogP contribution < -0.4 is 15.5 Å². The van der Waals surface area contributed by atoms with Gasteiger partial charge in [0.15, 0.2) is 0 Å². The summed E-state index contributed by atoms with van der Waals surface area (Å²) in [7, 11) is 0. The molecule has 150 valence electrons. The van der Waals surface area contributed by atoms with Crippen LogP contribution in [0, 0.1) is 18.7 Å². The number of hydrogen-bond donors (Lipinski definition) is 2. The average Bonchev–Trinajstić information content (AvgIpc) is 3.10. The number of carbonyl (C=O) groups excluding carboxylic acids is 3. The van der Waals surface area contributed by atoms with Crippen LogP contribution in [0.5, 0.6) is 0 Å². The molecule has 0 saturated carbocycles. The molecule has 29 heavy (non-hydrogen) atoms. The van der Waals surface area contributed by atoms with Crippen molar-refractivity contribution in [3.63, 3.8) is 0 Å². The van der Waals surface area contributed by atoms with E-state index in [1.54, 1.807) is 49.4 Å². The van der Waals surface area contributed by atoms with Crippen LogP contribution in [0.2, 0.25) is 0 Å². The van der Waals surface area contributed by atoms with Gasteiger partial charge < -0.3 is 15.5 Å². The second kappa shape index (κ2) is 8.68. The molecule has 6 nitrogen and oxygen atoms in total. The van der Waals surface area contributed by atoms with Crippen molar-refractivity contribution in [3.8, 4) is 0 Å². The lowest BCUT2D eigenvalue weighted by Gasteiger charge is -2.17.